The van der Waals surface area contributed by atoms with Crippen LogP contribution in [-0.4, -0.2) is 30.8 Å². The molecule has 19 heavy (non-hydrogen) atoms. The molecule has 0 spiro atoms. The molecule has 104 valence electrons. The molecule has 0 saturated heterocycles. The highest BCUT2D eigenvalue weighted by molar-refractivity contribution is 6.68. The molecule has 0 unspecified atom stereocenters. The number of aliphatic hydroxyl groups is 1. The summed E-state index contributed by atoms with van der Waals surface area (Å²) >= 11 is 16.5. The summed E-state index contributed by atoms with van der Waals surface area (Å²) in [5.74, 6) is 0. The van der Waals surface area contributed by atoms with E-state index >= 15 is 0 Å². The lowest BCUT2D eigenvalue weighted by Gasteiger charge is -2.19. The fraction of sp³-hybridized carbons (Fsp3) is 0.300. The summed E-state index contributed by atoms with van der Waals surface area (Å²) in [5.41, 5.74) is 0.318. The van der Waals surface area contributed by atoms with E-state index in [4.69, 9.17) is 40.0 Å². The summed E-state index contributed by atoms with van der Waals surface area (Å²) in [7, 11) is 0. The second-order valence-corrected chi connectivity index (χ2v) is 5.98. The van der Waals surface area contributed by atoms with E-state index in [0.717, 1.165) is 0 Å². The molecule has 0 fully saturated rings. The first-order valence-corrected chi connectivity index (χ1v) is 6.09. The molecule has 1 aromatic rings. The number of hydrogen-bond donors (Lipinski definition) is 2. The minimum atomic E-state index is -1.92. The van der Waals surface area contributed by atoms with Crippen molar-refractivity contribution >= 4 is 46.2 Å². The fourth-order valence-electron chi connectivity index (χ4n) is 1.29. The van der Waals surface area contributed by atoms with Gasteiger partial charge in [-0.25, -0.2) is 0 Å². The van der Waals surface area contributed by atoms with Gasteiger partial charge in [0.1, 0.15) is 6.10 Å². The third-order valence-corrected chi connectivity index (χ3v) is 3.05. The molecule has 6 nitrogen and oxygen atoms in total. The summed E-state index contributed by atoms with van der Waals surface area (Å²) in [4.78, 5) is 9.93. The zero-order valence-electron chi connectivity index (χ0n) is 9.33. The van der Waals surface area contributed by atoms with Gasteiger partial charge in [0.25, 0.3) is 5.69 Å². The molecule has 0 aromatic heterocycles. The topological polar surface area (TPSA) is 96.0 Å². The summed E-state index contributed by atoms with van der Waals surface area (Å²) in [6.45, 7) is 0. The van der Waals surface area contributed by atoms with Crippen LogP contribution in [0.15, 0.2) is 29.4 Å². The van der Waals surface area contributed by atoms with Gasteiger partial charge in [0.2, 0.25) is 3.79 Å². The van der Waals surface area contributed by atoms with Crippen molar-refractivity contribution in [2.75, 3.05) is 0 Å². The predicted molar refractivity (Wildman–Crippen MR) is 72.3 cm³/mol. The number of oxime groups is 1. The van der Waals surface area contributed by atoms with Gasteiger partial charge >= 0.3 is 0 Å². The maximum absolute atomic E-state index is 10.5. The third kappa shape index (κ3) is 4.50. The molecular weight excluding hydrogens is 318 g/mol. The number of rotatable bonds is 4. The monoisotopic (exact) mass is 326 g/mol. The Balaban J connectivity index is 2.90. The van der Waals surface area contributed by atoms with Crippen molar-refractivity contribution in [2.24, 2.45) is 5.16 Å². The van der Waals surface area contributed by atoms with Gasteiger partial charge in [-0.3, -0.25) is 10.1 Å². The van der Waals surface area contributed by atoms with Crippen molar-refractivity contribution in [3.8, 4) is 0 Å². The lowest BCUT2D eigenvalue weighted by molar-refractivity contribution is -0.384. The first kappa shape index (κ1) is 16.0. The number of aliphatic hydroxyl groups excluding tert-OH is 1. The van der Waals surface area contributed by atoms with Crippen molar-refractivity contribution in [3.05, 3.63) is 39.9 Å². The average molecular weight is 328 g/mol. The van der Waals surface area contributed by atoms with Crippen LogP contribution in [0.2, 0.25) is 0 Å². The second-order valence-electron chi connectivity index (χ2n) is 3.61. The Kier molecular flexibility index (Phi) is 5.37. The average Bonchev–Trinajstić information content (AvgIpc) is 2.34. The van der Waals surface area contributed by atoms with Crippen LogP contribution in [0, 0.1) is 10.1 Å². The van der Waals surface area contributed by atoms with E-state index in [1.807, 2.05) is 0 Å². The Bertz CT molecular complexity index is 485. The van der Waals surface area contributed by atoms with Crippen molar-refractivity contribution in [2.45, 2.75) is 16.3 Å². The Morgan fingerprint density at radius 1 is 1.37 bits per heavy atom. The van der Waals surface area contributed by atoms with Gasteiger partial charge in [-0.1, -0.05) is 40.0 Å². The van der Waals surface area contributed by atoms with Gasteiger partial charge in [0, 0.05) is 18.6 Å². The van der Waals surface area contributed by atoms with Crippen LogP contribution in [0.3, 0.4) is 0 Å². The minimum Gasteiger partial charge on any atom is -0.411 e. The largest absolute Gasteiger partial charge is 0.411 e. The number of halogens is 3. The molecule has 0 bridgehead atoms. The van der Waals surface area contributed by atoms with E-state index in [9.17, 15) is 15.2 Å². The lowest BCUT2D eigenvalue weighted by atomic mass is 10.0. The van der Waals surface area contributed by atoms with E-state index < -0.39 is 14.8 Å². The van der Waals surface area contributed by atoms with Crippen molar-refractivity contribution < 1.29 is 15.2 Å². The summed E-state index contributed by atoms with van der Waals surface area (Å²) in [5, 5.41) is 32.0. The number of nitro benzene ring substituents is 1. The van der Waals surface area contributed by atoms with Crippen molar-refractivity contribution in [3.63, 3.8) is 0 Å². The van der Waals surface area contributed by atoms with E-state index in [1.165, 1.54) is 24.3 Å². The zero-order valence-corrected chi connectivity index (χ0v) is 11.6. The Morgan fingerprint density at radius 2 is 1.89 bits per heavy atom. The van der Waals surface area contributed by atoms with Crippen molar-refractivity contribution in [1.82, 2.24) is 0 Å². The number of hydrogen-bond acceptors (Lipinski definition) is 5. The van der Waals surface area contributed by atoms with Crippen LogP contribution in [-0.2, 0) is 0 Å². The molecule has 1 rings (SSSR count). The molecule has 0 aliphatic carbocycles. The molecule has 0 heterocycles. The van der Waals surface area contributed by atoms with Gasteiger partial charge in [0.05, 0.1) is 10.6 Å². The molecular formula is C10H9Cl3N2O4. The van der Waals surface area contributed by atoms with E-state index in [2.05, 4.69) is 5.16 Å². The second kappa shape index (κ2) is 6.38. The van der Waals surface area contributed by atoms with Crippen molar-refractivity contribution in [1.29, 1.82) is 0 Å². The molecule has 0 saturated carbocycles. The predicted octanol–water partition coefficient (Wildman–Crippen LogP) is 2.89. The van der Waals surface area contributed by atoms with E-state index in [0.29, 0.717) is 5.56 Å². The first-order chi connectivity index (χ1) is 8.75. The quantitative estimate of drug-likeness (QED) is 0.292. The SMILES string of the molecule is O=[N+]([O-])c1ccc(C(C[C@H](O)C(Cl)(Cl)Cl)=NO)cc1. The number of nitro groups is 1. The van der Waals surface area contributed by atoms with Crippen LogP contribution in [0.1, 0.15) is 12.0 Å². The molecule has 0 aliphatic rings. The number of benzene rings is 1. The number of alkyl halides is 3. The molecule has 1 aromatic carbocycles. The highest BCUT2D eigenvalue weighted by Crippen LogP contribution is 2.32. The van der Waals surface area contributed by atoms with Gasteiger partial charge in [-0.2, -0.15) is 0 Å². The maximum atomic E-state index is 10.5. The minimum absolute atomic E-state index is 0.0497. The highest BCUT2D eigenvalue weighted by atomic mass is 35.6. The lowest BCUT2D eigenvalue weighted by Crippen LogP contribution is -2.28. The van der Waals surface area contributed by atoms with Crippen LogP contribution in [0.25, 0.3) is 0 Å². The molecule has 0 amide bonds. The zero-order chi connectivity index (χ0) is 14.6. The molecule has 0 aliphatic heterocycles. The van der Waals surface area contributed by atoms with Crippen LogP contribution < -0.4 is 0 Å². The fourth-order valence-corrected chi connectivity index (χ4v) is 1.52. The Morgan fingerprint density at radius 3 is 2.26 bits per heavy atom. The Labute approximate surface area is 123 Å². The van der Waals surface area contributed by atoms with Gasteiger partial charge in [-0.05, 0) is 17.7 Å². The summed E-state index contributed by atoms with van der Waals surface area (Å²) < 4.78 is -1.92. The van der Waals surface area contributed by atoms with Crippen LogP contribution >= 0.6 is 34.8 Å². The maximum Gasteiger partial charge on any atom is 0.269 e. The van der Waals surface area contributed by atoms with Gasteiger partial charge in [0.15, 0.2) is 0 Å². The Hall–Kier alpha value is -1.08. The number of nitrogens with zero attached hydrogens (tertiary/aromatic N) is 2. The third-order valence-electron chi connectivity index (χ3n) is 2.30. The number of non-ortho nitro benzene ring substituents is 1. The molecule has 1 atom stereocenters. The smallest absolute Gasteiger partial charge is 0.269 e. The summed E-state index contributed by atoms with van der Waals surface area (Å²) in [6.07, 6.45) is -1.59. The van der Waals surface area contributed by atoms with Crippen LogP contribution in [0.4, 0.5) is 5.69 Å². The highest BCUT2D eigenvalue weighted by Gasteiger charge is 2.32. The van der Waals surface area contributed by atoms with Gasteiger partial charge in [-0.15, -0.1) is 0 Å². The molecule has 2 N–H and O–H groups in total. The van der Waals surface area contributed by atoms with Crippen LogP contribution in [0.5, 0.6) is 0 Å². The van der Waals surface area contributed by atoms with E-state index in [1.54, 1.807) is 0 Å². The van der Waals surface area contributed by atoms with E-state index in [-0.39, 0.29) is 17.8 Å². The summed E-state index contributed by atoms with van der Waals surface area (Å²) in [6, 6.07) is 5.22. The van der Waals surface area contributed by atoms with Gasteiger partial charge < -0.3 is 10.3 Å². The standard InChI is InChI=1S/C10H9Cl3N2O4/c11-10(12,13)9(16)5-8(14-17)6-1-3-7(4-2-6)15(18)19/h1-4,9,16-17H,5H2/t9-/m0/s1. The molecule has 9 heteroatoms. The first-order valence-electron chi connectivity index (χ1n) is 4.96. The normalized spacial score (nSPS) is 14.2. The molecule has 0 radical (unpaired) electrons.